The minimum absolute atomic E-state index is 0.584. The average Bonchev–Trinajstić information content (AvgIpc) is 2.64. The van der Waals surface area contributed by atoms with Crippen LogP contribution in [0.2, 0.25) is 10.0 Å². The predicted octanol–water partition coefficient (Wildman–Crippen LogP) is 4.30. The normalized spacial score (nSPS) is 15.2. The molecule has 0 atom stereocenters. The summed E-state index contributed by atoms with van der Waals surface area (Å²) in [5, 5.41) is 11.1. The van der Waals surface area contributed by atoms with E-state index in [4.69, 9.17) is 28.5 Å². The number of benzene rings is 1. The van der Waals surface area contributed by atoms with E-state index in [1.807, 2.05) is 36.6 Å². The number of pyridine rings is 1. The Labute approximate surface area is 162 Å². The van der Waals surface area contributed by atoms with Gasteiger partial charge in [0.15, 0.2) is 0 Å². The number of nitrogens with zero attached hydrogens (tertiary/aromatic N) is 4. The lowest BCUT2D eigenvalue weighted by Crippen LogP contribution is -2.46. The second-order valence-electron chi connectivity index (χ2n) is 5.83. The van der Waals surface area contributed by atoms with Crippen molar-refractivity contribution in [3.8, 4) is 6.07 Å². The molecule has 3 rings (SSSR count). The molecule has 0 bridgehead atoms. The van der Waals surface area contributed by atoms with Gasteiger partial charge in [-0.25, -0.2) is 4.98 Å². The molecule has 7 heteroatoms. The lowest BCUT2D eigenvalue weighted by Gasteiger charge is -2.36. The molecule has 0 spiro atoms. The topological polar surface area (TPSA) is 43.2 Å². The summed E-state index contributed by atoms with van der Waals surface area (Å²) in [7, 11) is 0. The lowest BCUT2D eigenvalue weighted by molar-refractivity contribution is 0.246. The first-order chi connectivity index (χ1) is 12.1. The zero-order valence-electron chi connectivity index (χ0n) is 13.9. The smallest absolute Gasteiger partial charge is 0.114 e. The van der Waals surface area contributed by atoms with Crippen LogP contribution in [0.4, 0.5) is 5.69 Å². The van der Waals surface area contributed by atoms with E-state index in [9.17, 15) is 0 Å². The van der Waals surface area contributed by atoms with Crippen molar-refractivity contribution < 1.29 is 0 Å². The van der Waals surface area contributed by atoms with Gasteiger partial charge in [-0.15, -0.1) is 11.8 Å². The summed E-state index contributed by atoms with van der Waals surface area (Å²) in [6.45, 7) is 4.58. The maximum absolute atomic E-state index is 9.10. The number of halogens is 2. The van der Waals surface area contributed by atoms with E-state index >= 15 is 0 Å². The van der Waals surface area contributed by atoms with Gasteiger partial charge in [0, 0.05) is 38.4 Å². The van der Waals surface area contributed by atoms with Crippen molar-refractivity contribution >= 4 is 40.7 Å². The fourth-order valence-electron chi connectivity index (χ4n) is 2.88. The molecule has 25 heavy (non-hydrogen) atoms. The summed E-state index contributed by atoms with van der Waals surface area (Å²) in [4.78, 5) is 9.31. The molecule has 1 aromatic heterocycles. The number of hydrogen-bond donors (Lipinski definition) is 0. The molecule has 1 saturated heterocycles. The van der Waals surface area contributed by atoms with Crippen LogP contribution in [0.5, 0.6) is 0 Å². The predicted molar refractivity (Wildman–Crippen MR) is 105 cm³/mol. The van der Waals surface area contributed by atoms with Crippen molar-refractivity contribution in [3.05, 3.63) is 51.6 Å². The molecule has 0 unspecified atom stereocenters. The highest BCUT2D eigenvalue weighted by atomic mass is 35.5. The Morgan fingerprint density at radius 1 is 1.12 bits per heavy atom. The number of anilines is 1. The number of piperazine rings is 1. The van der Waals surface area contributed by atoms with Crippen LogP contribution in [0.25, 0.3) is 0 Å². The van der Waals surface area contributed by atoms with E-state index in [0.29, 0.717) is 15.6 Å². The minimum Gasteiger partial charge on any atom is -0.369 e. The van der Waals surface area contributed by atoms with Crippen molar-refractivity contribution in [1.29, 1.82) is 5.26 Å². The fraction of sp³-hybridized carbons (Fsp3) is 0.333. The third kappa shape index (κ3) is 4.39. The molecule has 130 valence electrons. The molecule has 2 aromatic rings. The standard InChI is InChI=1S/C18H18Cl2N4S/c1-25-18-13(11-21)2-3-14(22-18)12-23-6-8-24(9-7-23)15-4-5-16(19)17(20)10-15/h2-5,10H,6-9,12H2,1H3. The maximum Gasteiger partial charge on any atom is 0.114 e. The van der Waals surface area contributed by atoms with Gasteiger partial charge in [-0.2, -0.15) is 5.26 Å². The lowest BCUT2D eigenvalue weighted by atomic mass is 10.2. The highest BCUT2D eigenvalue weighted by Gasteiger charge is 2.18. The van der Waals surface area contributed by atoms with Gasteiger partial charge < -0.3 is 4.90 Å². The molecule has 0 N–H and O–H groups in total. The quantitative estimate of drug-likeness (QED) is 0.725. The number of aromatic nitrogens is 1. The van der Waals surface area contributed by atoms with Crippen LogP contribution in [0, 0.1) is 11.3 Å². The van der Waals surface area contributed by atoms with Gasteiger partial charge in [0.2, 0.25) is 0 Å². The SMILES string of the molecule is CSc1nc(CN2CCN(c3ccc(Cl)c(Cl)c3)CC2)ccc1C#N. The molecule has 1 aliphatic rings. The summed E-state index contributed by atoms with van der Waals surface area (Å²) in [6.07, 6.45) is 1.95. The van der Waals surface area contributed by atoms with Gasteiger partial charge in [0.1, 0.15) is 11.1 Å². The average molecular weight is 393 g/mol. The highest BCUT2D eigenvalue weighted by Crippen LogP contribution is 2.28. The second-order valence-corrected chi connectivity index (χ2v) is 7.44. The third-order valence-corrected chi connectivity index (χ3v) is 5.69. The van der Waals surface area contributed by atoms with E-state index < -0.39 is 0 Å². The molecule has 0 aliphatic carbocycles. The van der Waals surface area contributed by atoms with Gasteiger partial charge in [-0.3, -0.25) is 4.90 Å². The number of hydrogen-bond acceptors (Lipinski definition) is 5. The van der Waals surface area contributed by atoms with Crippen LogP contribution in [-0.2, 0) is 6.54 Å². The van der Waals surface area contributed by atoms with E-state index in [0.717, 1.165) is 49.1 Å². The van der Waals surface area contributed by atoms with E-state index in [-0.39, 0.29) is 0 Å². The number of nitriles is 1. The number of thioether (sulfide) groups is 1. The van der Waals surface area contributed by atoms with Crippen LogP contribution < -0.4 is 4.90 Å². The van der Waals surface area contributed by atoms with E-state index in [2.05, 4.69) is 20.9 Å². The molecule has 1 aliphatic heterocycles. The third-order valence-electron chi connectivity index (χ3n) is 4.26. The maximum atomic E-state index is 9.10. The summed E-state index contributed by atoms with van der Waals surface area (Å²) in [5.74, 6) is 0. The number of rotatable bonds is 4. The van der Waals surface area contributed by atoms with Crippen molar-refractivity contribution in [2.24, 2.45) is 0 Å². The molecule has 0 amide bonds. The summed E-state index contributed by atoms with van der Waals surface area (Å²) in [6, 6.07) is 11.8. The second kappa shape index (κ2) is 8.29. The zero-order chi connectivity index (χ0) is 17.8. The molecule has 0 saturated carbocycles. The minimum atomic E-state index is 0.584. The van der Waals surface area contributed by atoms with Gasteiger partial charge in [-0.1, -0.05) is 23.2 Å². The first-order valence-corrected chi connectivity index (χ1v) is 9.95. The first-order valence-electron chi connectivity index (χ1n) is 7.97. The Morgan fingerprint density at radius 2 is 1.88 bits per heavy atom. The molecular formula is C18H18Cl2N4S. The largest absolute Gasteiger partial charge is 0.369 e. The summed E-state index contributed by atoms with van der Waals surface area (Å²) >= 11 is 13.6. The van der Waals surface area contributed by atoms with Gasteiger partial charge >= 0.3 is 0 Å². The highest BCUT2D eigenvalue weighted by molar-refractivity contribution is 7.98. The van der Waals surface area contributed by atoms with Crippen molar-refractivity contribution in [2.75, 3.05) is 37.3 Å². The summed E-state index contributed by atoms with van der Waals surface area (Å²) in [5.41, 5.74) is 2.75. The van der Waals surface area contributed by atoms with Crippen LogP contribution >= 0.6 is 35.0 Å². The Morgan fingerprint density at radius 3 is 2.52 bits per heavy atom. The van der Waals surface area contributed by atoms with Crippen molar-refractivity contribution in [1.82, 2.24) is 9.88 Å². The Hall–Kier alpha value is -1.45. The molecule has 4 nitrogen and oxygen atoms in total. The summed E-state index contributed by atoms with van der Waals surface area (Å²) < 4.78 is 0. The molecular weight excluding hydrogens is 375 g/mol. The van der Waals surface area contributed by atoms with Crippen LogP contribution in [0.1, 0.15) is 11.3 Å². The van der Waals surface area contributed by atoms with E-state index in [1.54, 1.807) is 0 Å². The Balaban J connectivity index is 1.61. The van der Waals surface area contributed by atoms with Crippen molar-refractivity contribution in [2.45, 2.75) is 11.6 Å². The van der Waals surface area contributed by atoms with Crippen LogP contribution in [-0.4, -0.2) is 42.3 Å². The molecule has 1 fully saturated rings. The first kappa shape index (κ1) is 18.3. The Kier molecular flexibility index (Phi) is 6.08. The van der Waals surface area contributed by atoms with Crippen molar-refractivity contribution in [3.63, 3.8) is 0 Å². The molecule has 1 aromatic carbocycles. The van der Waals surface area contributed by atoms with Crippen LogP contribution in [0.15, 0.2) is 35.4 Å². The fourth-order valence-corrected chi connectivity index (χ4v) is 3.72. The van der Waals surface area contributed by atoms with E-state index in [1.165, 1.54) is 11.8 Å². The molecule has 2 heterocycles. The van der Waals surface area contributed by atoms with Crippen LogP contribution in [0.3, 0.4) is 0 Å². The van der Waals surface area contributed by atoms with Gasteiger partial charge in [0.25, 0.3) is 0 Å². The van der Waals surface area contributed by atoms with Gasteiger partial charge in [0.05, 0.1) is 21.3 Å². The zero-order valence-corrected chi connectivity index (χ0v) is 16.2. The monoisotopic (exact) mass is 392 g/mol. The molecule has 0 radical (unpaired) electrons. The Bertz CT molecular complexity index is 798. The van der Waals surface area contributed by atoms with Gasteiger partial charge in [-0.05, 0) is 36.6 Å².